The number of carbonyl (C=O) groups is 1. The zero-order valence-electron chi connectivity index (χ0n) is 13.7. The lowest BCUT2D eigenvalue weighted by molar-refractivity contribution is -0.200. The van der Waals surface area contributed by atoms with E-state index < -0.39 is 5.79 Å². The Morgan fingerprint density at radius 1 is 1.21 bits per heavy atom. The first-order valence-corrected chi connectivity index (χ1v) is 8.74. The van der Waals surface area contributed by atoms with Crippen molar-refractivity contribution < 1.29 is 14.3 Å². The Kier molecular flexibility index (Phi) is 4.03. The molecule has 4 rings (SSSR count). The van der Waals surface area contributed by atoms with Gasteiger partial charge in [-0.3, -0.25) is 4.79 Å². The summed E-state index contributed by atoms with van der Waals surface area (Å²) in [4.78, 5) is 14.6. The van der Waals surface area contributed by atoms with E-state index in [9.17, 15) is 10.1 Å². The molecule has 3 fully saturated rings. The second kappa shape index (κ2) is 6.19. The number of benzene rings is 1. The fraction of sp³-hybridized carbons (Fsp3) is 0.579. The van der Waals surface area contributed by atoms with Crippen molar-refractivity contribution in [2.24, 2.45) is 11.8 Å². The van der Waals surface area contributed by atoms with Crippen molar-refractivity contribution in [3.05, 3.63) is 35.9 Å². The highest BCUT2D eigenvalue weighted by Crippen LogP contribution is 2.46. The van der Waals surface area contributed by atoms with Gasteiger partial charge < -0.3 is 14.4 Å². The number of rotatable bonds is 1. The normalized spacial score (nSPS) is 31.5. The maximum atomic E-state index is 12.8. The van der Waals surface area contributed by atoms with Crippen molar-refractivity contribution in [2.45, 2.75) is 37.5 Å². The zero-order valence-corrected chi connectivity index (χ0v) is 13.7. The monoisotopic (exact) mass is 326 g/mol. The number of nitrogens with zero attached hydrogens (tertiary/aromatic N) is 2. The summed E-state index contributed by atoms with van der Waals surface area (Å²) in [5.74, 6) is 0.364. The second-order valence-electron chi connectivity index (χ2n) is 7.07. The third kappa shape index (κ3) is 2.70. The summed E-state index contributed by atoms with van der Waals surface area (Å²) in [6, 6.07) is 11.2. The number of piperidine rings is 1. The van der Waals surface area contributed by atoms with Gasteiger partial charge in [0.25, 0.3) is 5.91 Å². The van der Waals surface area contributed by atoms with Crippen LogP contribution >= 0.6 is 0 Å². The number of likely N-dealkylation sites (tertiary alicyclic amines) is 1. The molecule has 0 bridgehead atoms. The Bertz CT molecular complexity index is 648. The van der Waals surface area contributed by atoms with Crippen LogP contribution in [0, 0.1) is 23.2 Å². The Labute approximate surface area is 142 Å². The molecule has 0 N–H and O–H groups in total. The van der Waals surface area contributed by atoms with Crippen LogP contribution in [0.15, 0.2) is 30.3 Å². The van der Waals surface area contributed by atoms with Crippen LogP contribution in [-0.4, -0.2) is 42.4 Å². The fourth-order valence-electron chi connectivity index (χ4n) is 4.47. The first-order valence-electron chi connectivity index (χ1n) is 8.74. The Morgan fingerprint density at radius 3 is 2.67 bits per heavy atom. The smallest absolute Gasteiger partial charge is 0.254 e. The maximum Gasteiger partial charge on any atom is 0.254 e. The molecule has 0 radical (unpaired) electrons. The van der Waals surface area contributed by atoms with Crippen LogP contribution in [0.4, 0.5) is 0 Å². The molecule has 1 aromatic rings. The van der Waals surface area contributed by atoms with Gasteiger partial charge >= 0.3 is 0 Å². The molecule has 2 aliphatic heterocycles. The summed E-state index contributed by atoms with van der Waals surface area (Å²) >= 11 is 0. The minimum absolute atomic E-state index is 0.0331. The van der Waals surface area contributed by atoms with E-state index in [0.717, 1.165) is 19.3 Å². The van der Waals surface area contributed by atoms with E-state index in [4.69, 9.17) is 9.47 Å². The summed E-state index contributed by atoms with van der Waals surface area (Å²) in [5, 5.41) is 9.60. The number of ether oxygens (including phenoxy) is 2. The quantitative estimate of drug-likeness (QED) is 0.796. The molecule has 126 valence electrons. The highest BCUT2D eigenvalue weighted by molar-refractivity contribution is 5.94. The minimum atomic E-state index is -0.424. The van der Waals surface area contributed by atoms with E-state index in [1.54, 1.807) is 4.90 Å². The van der Waals surface area contributed by atoms with Crippen molar-refractivity contribution in [2.75, 3.05) is 19.8 Å². The lowest BCUT2D eigenvalue weighted by Gasteiger charge is -2.48. The first kappa shape index (κ1) is 15.6. The van der Waals surface area contributed by atoms with Gasteiger partial charge in [-0.1, -0.05) is 18.2 Å². The molecule has 5 heteroatoms. The zero-order chi connectivity index (χ0) is 16.6. The molecular weight excluding hydrogens is 304 g/mol. The molecule has 1 saturated carbocycles. The van der Waals surface area contributed by atoms with Crippen LogP contribution in [0.3, 0.4) is 0 Å². The SMILES string of the molecule is N#C[C@H]1C[C@H]2CC3(CC[C@@H]2CN1C(=O)c1ccccc1)OCCO3. The van der Waals surface area contributed by atoms with E-state index in [1.807, 2.05) is 30.3 Å². The molecule has 3 aliphatic rings. The number of nitriles is 1. The molecular formula is C19H22N2O3. The molecule has 0 aromatic heterocycles. The van der Waals surface area contributed by atoms with Gasteiger partial charge in [0.1, 0.15) is 6.04 Å². The number of hydrogen-bond donors (Lipinski definition) is 0. The van der Waals surface area contributed by atoms with Crippen molar-refractivity contribution in [3.8, 4) is 6.07 Å². The van der Waals surface area contributed by atoms with E-state index in [2.05, 4.69) is 6.07 Å². The van der Waals surface area contributed by atoms with Gasteiger partial charge in [-0.2, -0.15) is 5.26 Å². The molecule has 1 aliphatic carbocycles. The average molecular weight is 326 g/mol. The molecule has 2 saturated heterocycles. The number of hydrogen-bond acceptors (Lipinski definition) is 4. The van der Waals surface area contributed by atoms with Gasteiger partial charge in [0.05, 0.1) is 19.3 Å². The number of amides is 1. The van der Waals surface area contributed by atoms with Crippen LogP contribution in [0.2, 0.25) is 0 Å². The number of fused-ring (bicyclic) bond motifs is 1. The summed E-state index contributed by atoms with van der Waals surface area (Å²) in [7, 11) is 0. The van der Waals surface area contributed by atoms with Crippen LogP contribution in [0.5, 0.6) is 0 Å². The largest absolute Gasteiger partial charge is 0.348 e. The van der Waals surface area contributed by atoms with Gasteiger partial charge in [0.2, 0.25) is 0 Å². The maximum absolute atomic E-state index is 12.8. The van der Waals surface area contributed by atoms with E-state index in [1.165, 1.54) is 0 Å². The second-order valence-corrected chi connectivity index (χ2v) is 7.07. The van der Waals surface area contributed by atoms with E-state index in [-0.39, 0.29) is 11.9 Å². The highest BCUT2D eigenvalue weighted by atomic mass is 16.7. The van der Waals surface area contributed by atoms with Crippen LogP contribution in [-0.2, 0) is 9.47 Å². The van der Waals surface area contributed by atoms with Gasteiger partial charge in [-0.05, 0) is 36.8 Å². The third-order valence-corrected chi connectivity index (χ3v) is 5.71. The minimum Gasteiger partial charge on any atom is -0.348 e. The lowest BCUT2D eigenvalue weighted by Crippen LogP contribution is -2.53. The topological polar surface area (TPSA) is 62.6 Å². The molecule has 1 amide bonds. The molecule has 0 unspecified atom stereocenters. The number of carbonyl (C=O) groups excluding carboxylic acids is 1. The molecule has 1 spiro atoms. The summed E-state index contributed by atoms with van der Waals surface area (Å²) in [6.07, 6.45) is 3.44. The predicted octanol–water partition coefficient (Wildman–Crippen LogP) is 2.58. The first-order chi connectivity index (χ1) is 11.7. The van der Waals surface area contributed by atoms with Gasteiger partial charge in [0.15, 0.2) is 5.79 Å². The van der Waals surface area contributed by atoms with E-state index >= 15 is 0 Å². The Morgan fingerprint density at radius 2 is 1.96 bits per heavy atom. The van der Waals surface area contributed by atoms with Crippen molar-refractivity contribution in [3.63, 3.8) is 0 Å². The lowest BCUT2D eigenvalue weighted by atomic mass is 9.70. The van der Waals surface area contributed by atoms with Crippen LogP contribution in [0.25, 0.3) is 0 Å². The van der Waals surface area contributed by atoms with Crippen LogP contribution in [0.1, 0.15) is 36.0 Å². The Hall–Kier alpha value is -1.90. The summed E-state index contributed by atoms with van der Waals surface area (Å²) < 4.78 is 11.7. The van der Waals surface area contributed by atoms with E-state index in [0.29, 0.717) is 43.6 Å². The highest BCUT2D eigenvalue weighted by Gasteiger charge is 2.49. The molecule has 5 nitrogen and oxygen atoms in total. The van der Waals surface area contributed by atoms with Gasteiger partial charge in [0, 0.05) is 24.9 Å². The molecule has 24 heavy (non-hydrogen) atoms. The summed E-state index contributed by atoms with van der Waals surface area (Å²) in [6.45, 7) is 1.99. The molecule has 1 aromatic carbocycles. The van der Waals surface area contributed by atoms with Crippen LogP contribution < -0.4 is 0 Å². The van der Waals surface area contributed by atoms with Crippen molar-refractivity contribution in [1.82, 2.24) is 4.90 Å². The van der Waals surface area contributed by atoms with Crippen molar-refractivity contribution in [1.29, 1.82) is 5.26 Å². The standard InChI is InChI=1S/C19H22N2O3/c20-12-17-10-16-11-19(23-8-9-24-19)7-6-15(16)13-21(17)18(22)14-4-2-1-3-5-14/h1-5,15-17H,6-11,13H2/t15-,16+,17-/m1/s1. The van der Waals surface area contributed by atoms with Gasteiger partial charge in [-0.15, -0.1) is 0 Å². The molecule has 3 atom stereocenters. The predicted molar refractivity (Wildman–Crippen MR) is 87.0 cm³/mol. The van der Waals surface area contributed by atoms with Gasteiger partial charge in [-0.25, -0.2) is 0 Å². The fourth-order valence-corrected chi connectivity index (χ4v) is 4.47. The average Bonchev–Trinajstić information content (AvgIpc) is 3.08. The molecule has 2 heterocycles. The third-order valence-electron chi connectivity index (χ3n) is 5.71. The Balaban J connectivity index is 1.51. The summed E-state index contributed by atoms with van der Waals surface area (Å²) in [5.41, 5.74) is 0.658. The van der Waals surface area contributed by atoms with Crippen molar-refractivity contribution >= 4 is 5.91 Å².